The molecule has 1 aromatic rings. The van der Waals surface area contributed by atoms with Gasteiger partial charge in [0, 0.05) is 39.3 Å². The highest BCUT2D eigenvalue weighted by atomic mass is 35.5. The average Bonchev–Trinajstić information content (AvgIpc) is 2.68. The van der Waals surface area contributed by atoms with Gasteiger partial charge in [-0.1, -0.05) is 11.6 Å². The largest absolute Gasteiger partial charge is 0.416 e. The first kappa shape index (κ1) is 22.3. The van der Waals surface area contributed by atoms with Crippen LogP contribution in [0.1, 0.15) is 5.56 Å². The van der Waals surface area contributed by atoms with Crippen LogP contribution in [0.5, 0.6) is 0 Å². The quantitative estimate of drug-likeness (QED) is 0.688. The predicted molar refractivity (Wildman–Crippen MR) is 99.1 cm³/mol. The SMILES string of the molecule is O=C(CN1CCOCC1)N1CCN(S(=O)(=O)c2cc(C(F)(F)F)ccc2Cl)CC1. The number of amides is 1. The summed E-state index contributed by atoms with van der Waals surface area (Å²) in [5, 5.41) is -0.274. The van der Waals surface area contributed by atoms with E-state index in [9.17, 15) is 26.4 Å². The Morgan fingerprint density at radius 2 is 1.69 bits per heavy atom. The summed E-state index contributed by atoms with van der Waals surface area (Å²) in [6.07, 6.45) is -4.68. The number of halogens is 4. The summed E-state index contributed by atoms with van der Waals surface area (Å²) in [6.45, 7) is 3.00. The van der Waals surface area contributed by atoms with Gasteiger partial charge < -0.3 is 9.64 Å². The first-order chi connectivity index (χ1) is 13.6. The molecule has 0 saturated carbocycles. The standard InChI is InChI=1S/C17H21ClF3N3O4S/c18-14-2-1-13(17(19,20)21)11-15(14)29(26,27)24-5-3-23(4-6-24)16(25)12-22-7-9-28-10-8-22/h1-2,11H,3-10,12H2. The van der Waals surface area contributed by atoms with E-state index in [4.69, 9.17) is 16.3 Å². The Kier molecular flexibility index (Phi) is 6.74. The average molecular weight is 456 g/mol. The maximum atomic E-state index is 13.0. The van der Waals surface area contributed by atoms with Crippen molar-refractivity contribution >= 4 is 27.5 Å². The van der Waals surface area contributed by atoms with Crippen molar-refractivity contribution in [1.29, 1.82) is 0 Å². The monoisotopic (exact) mass is 455 g/mol. The van der Waals surface area contributed by atoms with E-state index in [2.05, 4.69) is 0 Å². The van der Waals surface area contributed by atoms with E-state index in [1.54, 1.807) is 4.90 Å². The number of rotatable bonds is 4. The number of sulfonamides is 1. The van der Waals surface area contributed by atoms with Crippen molar-refractivity contribution in [3.63, 3.8) is 0 Å². The van der Waals surface area contributed by atoms with Gasteiger partial charge in [-0.05, 0) is 18.2 Å². The molecule has 0 atom stereocenters. The summed E-state index contributed by atoms with van der Waals surface area (Å²) in [4.78, 5) is 15.4. The van der Waals surface area contributed by atoms with E-state index < -0.39 is 26.7 Å². The number of alkyl halides is 3. The highest BCUT2D eigenvalue weighted by Gasteiger charge is 2.36. The Labute approximate surface area is 172 Å². The fourth-order valence-corrected chi connectivity index (χ4v) is 5.17. The lowest BCUT2D eigenvalue weighted by molar-refractivity contribution is -0.138. The lowest BCUT2D eigenvalue weighted by atomic mass is 10.2. The molecule has 0 N–H and O–H groups in total. The van der Waals surface area contributed by atoms with Gasteiger partial charge in [-0.3, -0.25) is 9.69 Å². The van der Waals surface area contributed by atoms with Crippen molar-refractivity contribution in [2.24, 2.45) is 0 Å². The van der Waals surface area contributed by atoms with E-state index in [0.29, 0.717) is 32.4 Å². The lowest BCUT2D eigenvalue weighted by Crippen LogP contribution is -2.53. The van der Waals surface area contributed by atoms with Crippen LogP contribution < -0.4 is 0 Å². The molecule has 12 heteroatoms. The minimum absolute atomic E-state index is 0.0102. The molecular weight excluding hydrogens is 435 g/mol. The first-order valence-electron chi connectivity index (χ1n) is 9.04. The van der Waals surface area contributed by atoms with Gasteiger partial charge >= 0.3 is 6.18 Å². The number of nitrogens with zero attached hydrogens (tertiary/aromatic N) is 3. The Bertz CT molecular complexity index is 852. The molecule has 0 radical (unpaired) electrons. The van der Waals surface area contributed by atoms with Crippen LogP contribution in [-0.2, 0) is 25.7 Å². The van der Waals surface area contributed by atoms with Crippen molar-refractivity contribution in [3.05, 3.63) is 28.8 Å². The highest BCUT2D eigenvalue weighted by molar-refractivity contribution is 7.89. The summed E-state index contributed by atoms with van der Waals surface area (Å²) in [5.41, 5.74) is -1.08. The molecule has 1 aromatic carbocycles. The van der Waals surface area contributed by atoms with Gasteiger partial charge in [0.2, 0.25) is 15.9 Å². The maximum absolute atomic E-state index is 13.0. The number of carbonyl (C=O) groups is 1. The molecule has 2 aliphatic rings. The van der Waals surface area contributed by atoms with Gasteiger partial charge in [-0.25, -0.2) is 8.42 Å². The van der Waals surface area contributed by atoms with Crippen LogP contribution in [0.2, 0.25) is 5.02 Å². The van der Waals surface area contributed by atoms with Crippen LogP contribution in [0.25, 0.3) is 0 Å². The van der Waals surface area contributed by atoms with Gasteiger partial charge in [0.15, 0.2) is 0 Å². The molecule has 3 rings (SSSR count). The maximum Gasteiger partial charge on any atom is 0.416 e. The summed E-state index contributed by atoms with van der Waals surface area (Å²) < 4.78 is 70.8. The van der Waals surface area contributed by atoms with Gasteiger partial charge in [0.1, 0.15) is 4.90 Å². The fraction of sp³-hybridized carbons (Fsp3) is 0.588. The summed E-state index contributed by atoms with van der Waals surface area (Å²) in [6, 6.07) is 2.22. The minimum atomic E-state index is -4.68. The van der Waals surface area contributed by atoms with E-state index in [-0.39, 0.29) is 43.7 Å². The third-order valence-corrected chi connectivity index (χ3v) is 7.31. The van der Waals surface area contributed by atoms with E-state index in [1.165, 1.54) is 0 Å². The van der Waals surface area contributed by atoms with E-state index >= 15 is 0 Å². The normalized spacial score (nSPS) is 20.1. The minimum Gasteiger partial charge on any atom is -0.379 e. The molecule has 2 saturated heterocycles. The van der Waals surface area contributed by atoms with Crippen molar-refractivity contribution in [1.82, 2.24) is 14.1 Å². The molecule has 1 amide bonds. The first-order valence-corrected chi connectivity index (χ1v) is 10.9. The molecular formula is C17H21ClF3N3O4S. The van der Waals surface area contributed by atoms with Crippen LogP contribution in [0, 0.1) is 0 Å². The second kappa shape index (κ2) is 8.76. The number of hydrogen-bond acceptors (Lipinski definition) is 5. The molecule has 7 nitrogen and oxygen atoms in total. The Hall–Kier alpha value is -1.40. The molecule has 162 valence electrons. The third-order valence-electron chi connectivity index (χ3n) is 4.93. The zero-order valence-corrected chi connectivity index (χ0v) is 17.1. The molecule has 0 spiro atoms. The van der Waals surface area contributed by atoms with Crippen LogP contribution in [-0.4, -0.2) is 87.5 Å². The van der Waals surface area contributed by atoms with Crippen LogP contribution in [0.3, 0.4) is 0 Å². The number of ether oxygens (including phenoxy) is 1. The van der Waals surface area contributed by atoms with E-state index in [0.717, 1.165) is 16.4 Å². The third kappa shape index (κ3) is 5.21. The zero-order valence-electron chi connectivity index (χ0n) is 15.5. The smallest absolute Gasteiger partial charge is 0.379 e. The van der Waals surface area contributed by atoms with Crippen molar-refractivity contribution in [2.75, 3.05) is 59.0 Å². The molecule has 0 bridgehead atoms. The molecule has 0 unspecified atom stereocenters. The summed E-state index contributed by atoms with van der Waals surface area (Å²) in [5.74, 6) is -0.110. The fourth-order valence-electron chi connectivity index (χ4n) is 3.24. The highest BCUT2D eigenvalue weighted by Crippen LogP contribution is 2.34. The Morgan fingerprint density at radius 1 is 1.07 bits per heavy atom. The van der Waals surface area contributed by atoms with E-state index in [1.807, 2.05) is 4.90 Å². The van der Waals surface area contributed by atoms with Gasteiger partial charge in [-0.15, -0.1) is 0 Å². The Morgan fingerprint density at radius 3 is 2.28 bits per heavy atom. The van der Waals surface area contributed by atoms with Crippen molar-refractivity contribution in [3.8, 4) is 0 Å². The second-order valence-corrected chi connectivity index (χ2v) is 9.13. The van der Waals surface area contributed by atoms with Gasteiger partial charge in [0.25, 0.3) is 0 Å². The van der Waals surface area contributed by atoms with Crippen molar-refractivity contribution < 1.29 is 31.1 Å². The van der Waals surface area contributed by atoms with Crippen LogP contribution >= 0.6 is 11.6 Å². The van der Waals surface area contributed by atoms with Gasteiger partial charge in [0.05, 0.1) is 30.3 Å². The second-order valence-electron chi connectivity index (χ2n) is 6.82. The molecule has 0 aromatic heterocycles. The summed E-state index contributed by atoms with van der Waals surface area (Å²) >= 11 is 5.88. The van der Waals surface area contributed by atoms with Crippen molar-refractivity contribution in [2.45, 2.75) is 11.1 Å². The summed E-state index contributed by atoms with van der Waals surface area (Å²) in [7, 11) is -4.22. The topological polar surface area (TPSA) is 70.2 Å². The molecule has 2 heterocycles. The Balaban J connectivity index is 1.66. The van der Waals surface area contributed by atoms with Crippen LogP contribution in [0.4, 0.5) is 13.2 Å². The van der Waals surface area contributed by atoms with Crippen LogP contribution in [0.15, 0.2) is 23.1 Å². The predicted octanol–water partition coefficient (Wildman–Crippen LogP) is 1.52. The molecule has 29 heavy (non-hydrogen) atoms. The lowest BCUT2D eigenvalue weighted by Gasteiger charge is -2.35. The number of carbonyl (C=O) groups excluding carboxylic acids is 1. The van der Waals surface area contributed by atoms with Gasteiger partial charge in [-0.2, -0.15) is 17.5 Å². The molecule has 2 fully saturated rings. The number of benzene rings is 1. The zero-order chi connectivity index (χ0) is 21.2. The molecule has 2 aliphatic heterocycles. The molecule has 0 aliphatic carbocycles. The number of hydrogen-bond donors (Lipinski definition) is 0. The number of piperazine rings is 1. The number of morpholine rings is 1.